The van der Waals surface area contributed by atoms with E-state index in [2.05, 4.69) is 5.32 Å². The molecule has 1 rings (SSSR count). The van der Waals surface area contributed by atoms with Crippen LogP contribution < -0.4 is 11.1 Å². The Morgan fingerprint density at radius 3 is 2.75 bits per heavy atom. The fourth-order valence-electron chi connectivity index (χ4n) is 1.08. The first-order valence-electron chi connectivity index (χ1n) is 4.49. The summed E-state index contributed by atoms with van der Waals surface area (Å²) in [7, 11) is 0. The smallest absolute Gasteiger partial charge is 0.225 e. The van der Waals surface area contributed by atoms with Gasteiger partial charge < -0.3 is 11.1 Å². The highest BCUT2D eigenvalue weighted by Crippen LogP contribution is 2.18. The van der Waals surface area contributed by atoms with E-state index in [-0.39, 0.29) is 35.8 Å². The van der Waals surface area contributed by atoms with Crippen molar-refractivity contribution in [3.8, 4) is 0 Å². The standard InChI is InChI=1S/C10H12ClFN2O.ClH/c1-6(13)4-10(15)14-7-2-3-8(11)9(12)5-7;/h2-3,5-6H,4,13H2,1H3,(H,14,15);1H. The van der Waals surface area contributed by atoms with Gasteiger partial charge in [-0.2, -0.15) is 0 Å². The summed E-state index contributed by atoms with van der Waals surface area (Å²) in [5, 5.41) is 2.55. The molecule has 0 bridgehead atoms. The van der Waals surface area contributed by atoms with Crippen LogP contribution in [0.4, 0.5) is 10.1 Å². The minimum absolute atomic E-state index is 0. The normalized spacial score (nSPS) is 11.5. The second-order valence-electron chi connectivity index (χ2n) is 3.36. The van der Waals surface area contributed by atoms with Crippen molar-refractivity contribution < 1.29 is 9.18 Å². The van der Waals surface area contributed by atoms with Crippen molar-refractivity contribution in [2.24, 2.45) is 5.73 Å². The van der Waals surface area contributed by atoms with E-state index < -0.39 is 5.82 Å². The molecule has 1 amide bonds. The molecule has 90 valence electrons. The van der Waals surface area contributed by atoms with E-state index >= 15 is 0 Å². The molecule has 16 heavy (non-hydrogen) atoms. The number of carbonyl (C=O) groups is 1. The van der Waals surface area contributed by atoms with Gasteiger partial charge in [-0.1, -0.05) is 11.6 Å². The predicted molar refractivity (Wildman–Crippen MR) is 65.6 cm³/mol. The molecule has 0 aliphatic carbocycles. The van der Waals surface area contributed by atoms with Gasteiger partial charge in [0.15, 0.2) is 0 Å². The van der Waals surface area contributed by atoms with E-state index in [1.807, 2.05) is 0 Å². The molecule has 0 heterocycles. The summed E-state index contributed by atoms with van der Waals surface area (Å²) < 4.78 is 13.0. The molecule has 0 radical (unpaired) electrons. The molecule has 1 aromatic rings. The summed E-state index contributed by atoms with van der Waals surface area (Å²) in [5.74, 6) is -0.804. The molecule has 1 atom stereocenters. The van der Waals surface area contributed by atoms with Gasteiger partial charge in [-0.25, -0.2) is 4.39 Å². The Kier molecular flexibility index (Phi) is 6.33. The maximum Gasteiger partial charge on any atom is 0.225 e. The third-order valence-electron chi connectivity index (χ3n) is 1.71. The van der Waals surface area contributed by atoms with Crippen LogP contribution in [0, 0.1) is 5.82 Å². The van der Waals surface area contributed by atoms with Crippen molar-refractivity contribution in [3.63, 3.8) is 0 Å². The third kappa shape index (κ3) is 4.79. The minimum Gasteiger partial charge on any atom is -0.327 e. The molecule has 0 fully saturated rings. The van der Waals surface area contributed by atoms with Crippen molar-refractivity contribution in [2.75, 3.05) is 5.32 Å². The van der Waals surface area contributed by atoms with E-state index in [0.29, 0.717) is 5.69 Å². The van der Waals surface area contributed by atoms with E-state index in [0.717, 1.165) is 0 Å². The van der Waals surface area contributed by atoms with Crippen LogP contribution in [-0.2, 0) is 4.79 Å². The SMILES string of the molecule is CC(N)CC(=O)Nc1ccc(Cl)c(F)c1.Cl. The summed E-state index contributed by atoms with van der Waals surface area (Å²) in [5.41, 5.74) is 5.82. The Morgan fingerprint density at radius 1 is 1.62 bits per heavy atom. The lowest BCUT2D eigenvalue weighted by Gasteiger charge is -2.07. The topological polar surface area (TPSA) is 55.1 Å². The number of amides is 1. The molecule has 0 saturated carbocycles. The zero-order valence-corrected chi connectivity index (χ0v) is 10.2. The fourth-order valence-corrected chi connectivity index (χ4v) is 1.20. The number of hydrogen-bond donors (Lipinski definition) is 2. The molecule has 0 aliphatic heterocycles. The highest BCUT2D eigenvalue weighted by molar-refractivity contribution is 6.30. The van der Waals surface area contributed by atoms with Crippen LogP contribution in [0.5, 0.6) is 0 Å². The van der Waals surface area contributed by atoms with Crippen LogP contribution in [0.1, 0.15) is 13.3 Å². The summed E-state index contributed by atoms with van der Waals surface area (Å²) in [6.07, 6.45) is 0.199. The first-order chi connectivity index (χ1) is 6.99. The molecule has 0 saturated heterocycles. The van der Waals surface area contributed by atoms with Gasteiger partial charge in [-0.15, -0.1) is 12.4 Å². The zero-order chi connectivity index (χ0) is 11.4. The highest BCUT2D eigenvalue weighted by Gasteiger charge is 2.07. The maximum atomic E-state index is 13.0. The molecule has 6 heteroatoms. The van der Waals surface area contributed by atoms with Gasteiger partial charge in [0.2, 0.25) is 5.91 Å². The van der Waals surface area contributed by atoms with E-state index in [4.69, 9.17) is 17.3 Å². The molecule has 3 N–H and O–H groups in total. The minimum atomic E-state index is -0.560. The Bertz CT molecular complexity index is 372. The van der Waals surface area contributed by atoms with Crippen molar-refractivity contribution in [3.05, 3.63) is 29.0 Å². The van der Waals surface area contributed by atoms with E-state index in [9.17, 15) is 9.18 Å². The molecule has 0 aliphatic rings. The van der Waals surface area contributed by atoms with Crippen LogP contribution in [0.3, 0.4) is 0 Å². The van der Waals surface area contributed by atoms with Gasteiger partial charge in [-0.05, 0) is 25.1 Å². The van der Waals surface area contributed by atoms with Crippen LogP contribution >= 0.6 is 24.0 Å². The number of benzene rings is 1. The number of hydrogen-bond acceptors (Lipinski definition) is 2. The van der Waals surface area contributed by atoms with Crippen molar-refractivity contribution in [1.29, 1.82) is 0 Å². The molecule has 3 nitrogen and oxygen atoms in total. The van der Waals surface area contributed by atoms with Gasteiger partial charge >= 0.3 is 0 Å². The molecular formula is C10H13Cl2FN2O. The predicted octanol–water partition coefficient (Wildman–Crippen LogP) is 2.58. The number of halogens is 3. The number of nitrogens with two attached hydrogens (primary N) is 1. The van der Waals surface area contributed by atoms with Crippen molar-refractivity contribution in [2.45, 2.75) is 19.4 Å². The lowest BCUT2D eigenvalue weighted by molar-refractivity contribution is -0.116. The molecule has 0 spiro atoms. The van der Waals surface area contributed by atoms with Gasteiger partial charge in [0.05, 0.1) is 5.02 Å². The zero-order valence-electron chi connectivity index (χ0n) is 8.67. The monoisotopic (exact) mass is 266 g/mol. The first kappa shape index (κ1) is 15.2. The molecule has 1 aromatic carbocycles. The highest BCUT2D eigenvalue weighted by atomic mass is 35.5. The van der Waals surface area contributed by atoms with Crippen molar-refractivity contribution >= 4 is 35.6 Å². The lowest BCUT2D eigenvalue weighted by Crippen LogP contribution is -2.23. The number of rotatable bonds is 3. The number of nitrogens with one attached hydrogen (secondary N) is 1. The fraction of sp³-hybridized carbons (Fsp3) is 0.300. The van der Waals surface area contributed by atoms with Gasteiger partial charge in [0, 0.05) is 18.2 Å². The summed E-state index contributed by atoms with van der Waals surface area (Å²) in [4.78, 5) is 11.3. The van der Waals surface area contributed by atoms with E-state index in [1.165, 1.54) is 18.2 Å². The average molecular weight is 267 g/mol. The maximum absolute atomic E-state index is 13.0. The van der Waals surface area contributed by atoms with Gasteiger partial charge in [0.1, 0.15) is 5.82 Å². The Labute approximate surface area is 105 Å². The molecule has 1 unspecified atom stereocenters. The van der Waals surface area contributed by atoms with Crippen LogP contribution in [0.25, 0.3) is 0 Å². The average Bonchev–Trinajstić information content (AvgIpc) is 2.10. The lowest BCUT2D eigenvalue weighted by atomic mass is 10.2. The van der Waals surface area contributed by atoms with Crippen LogP contribution in [0.2, 0.25) is 5.02 Å². The third-order valence-corrected chi connectivity index (χ3v) is 2.02. The van der Waals surface area contributed by atoms with Gasteiger partial charge in [-0.3, -0.25) is 4.79 Å². The summed E-state index contributed by atoms with van der Waals surface area (Å²) >= 11 is 5.49. The Hall–Kier alpha value is -0.840. The number of anilines is 1. The van der Waals surface area contributed by atoms with E-state index in [1.54, 1.807) is 6.92 Å². The quantitative estimate of drug-likeness (QED) is 0.884. The van der Waals surface area contributed by atoms with Gasteiger partial charge in [0.25, 0.3) is 0 Å². The van der Waals surface area contributed by atoms with Crippen LogP contribution in [-0.4, -0.2) is 11.9 Å². The number of carbonyl (C=O) groups excluding carboxylic acids is 1. The van der Waals surface area contributed by atoms with Crippen molar-refractivity contribution in [1.82, 2.24) is 0 Å². The second kappa shape index (κ2) is 6.68. The first-order valence-corrected chi connectivity index (χ1v) is 4.87. The summed E-state index contributed by atoms with van der Waals surface area (Å²) in [6.45, 7) is 1.72. The Balaban J connectivity index is 0.00000225. The summed E-state index contributed by atoms with van der Waals surface area (Å²) in [6, 6.07) is 3.87. The second-order valence-corrected chi connectivity index (χ2v) is 3.77. The largest absolute Gasteiger partial charge is 0.327 e. The Morgan fingerprint density at radius 2 is 2.25 bits per heavy atom. The molecular weight excluding hydrogens is 254 g/mol. The molecule has 0 aromatic heterocycles. The van der Waals surface area contributed by atoms with Crippen LogP contribution in [0.15, 0.2) is 18.2 Å².